The van der Waals surface area contributed by atoms with E-state index in [-0.39, 0.29) is 17.9 Å². The highest BCUT2D eigenvalue weighted by Crippen LogP contribution is 2.28. The maximum Gasteiger partial charge on any atom is 0.0568 e. The Morgan fingerprint density at radius 3 is 2.60 bits per heavy atom. The predicted octanol–water partition coefficient (Wildman–Crippen LogP) is 2.19. The average molecular weight is 225 g/mol. The normalized spacial score (nSPS) is 14.9. The molecule has 3 N–H and O–H groups in total. The second kappa shape index (κ2) is 6.16. The Balaban J connectivity index is 2.71. The molecule has 3 heteroatoms. The zero-order valence-corrected chi connectivity index (χ0v) is 10.1. The molecule has 1 aromatic carbocycles. The van der Waals surface area contributed by atoms with Crippen molar-refractivity contribution in [2.45, 2.75) is 36.5 Å². The summed E-state index contributed by atoms with van der Waals surface area (Å²) in [6.45, 7) is 4.26. The number of hydrogen-bond donors (Lipinski definition) is 2. The van der Waals surface area contributed by atoms with Gasteiger partial charge in [-0.1, -0.05) is 25.1 Å². The first-order valence-corrected chi connectivity index (χ1v) is 6.15. The lowest BCUT2D eigenvalue weighted by atomic mass is 10.2. The Labute approximate surface area is 95.9 Å². The first-order valence-electron chi connectivity index (χ1n) is 5.27. The lowest BCUT2D eigenvalue weighted by Crippen LogP contribution is -2.34. The zero-order valence-electron chi connectivity index (χ0n) is 9.31. The van der Waals surface area contributed by atoms with Crippen molar-refractivity contribution in [3.63, 3.8) is 0 Å². The smallest absolute Gasteiger partial charge is 0.0568 e. The summed E-state index contributed by atoms with van der Waals surface area (Å²) < 4.78 is 0. The number of rotatable bonds is 5. The van der Waals surface area contributed by atoms with Crippen LogP contribution in [-0.4, -0.2) is 23.0 Å². The van der Waals surface area contributed by atoms with Crippen LogP contribution < -0.4 is 5.73 Å². The summed E-state index contributed by atoms with van der Waals surface area (Å²) in [5.74, 6) is 0. The molecule has 0 radical (unpaired) electrons. The summed E-state index contributed by atoms with van der Waals surface area (Å²) in [5, 5.41) is 9.37. The van der Waals surface area contributed by atoms with Gasteiger partial charge in [-0.25, -0.2) is 0 Å². The first-order chi connectivity index (χ1) is 7.19. The molecule has 2 unspecified atom stereocenters. The van der Waals surface area contributed by atoms with Crippen LogP contribution in [0.2, 0.25) is 0 Å². The van der Waals surface area contributed by atoms with E-state index in [1.807, 2.05) is 19.1 Å². The van der Waals surface area contributed by atoms with Gasteiger partial charge in [0.05, 0.1) is 6.61 Å². The Morgan fingerprint density at radius 1 is 1.40 bits per heavy atom. The molecular formula is C12H19NOS. The summed E-state index contributed by atoms with van der Waals surface area (Å²) >= 11 is 1.67. The highest BCUT2D eigenvalue weighted by atomic mass is 32.2. The number of aliphatic hydroxyl groups excluding tert-OH is 1. The fraction of sp³-hybridized carbons (Fsp3) is 0.500. The number of hydrogen-bond acceptors (Lipinski definition) is 3. The molecule has 0 aliphatic rings. The largest absolute Gasteiger partial charge is 0.395 e. The quantitative estimate of drug-likeness (QED) is 0.755. The average Bonchev–Trinajstić information content (AvgIpc) is 2.27. The molecular weight excluding hydrogens is 206 g/mol. The lowest BCUT2D eigenvalue weighted by Gasteiger charge is -2.20. The van der Waals surface area contributed by atoms with Gasteiger partial charge in [-0.2, -0.15) is 0 Å². The molecule has 1 aromatic rings. The summed E-state index contributed by atoms with van der Waals surface area (Å²) in [6.07, 6.45) is 0.893. The van der Waals surface area contributed by atoms with E-state index in [4.69, 9.17) is 5.73 Å². The summed E-state index contributed by atoms with van der Waals surface area (Å²) in [6, 6.07) is 8.24. The van der Waals surface area contributed by atoms with E-state index in [1.165, 1.54) is 10.5 Å². The van der Waals surface area contributed by atoms with E-state index >= 15 is 0 Å². The Bertz CT molecular complexity index is 303. The van der Waals surface area contributed by atoms with E-state index in [9.17, 15) is 5.11 Å². The Kier molecular flexibility index (Phi) is 5.15. The van der Waals surface area contributed by atoms with Crippen molar-refractivity contribution in [1.82, 2.24) is 0 Å². The van der Waals surface area contributed by atoms with Crippen molar-refractivity contribution in [3.05, 3.63) is 29.8 Å². The summed E-state index contributed by atoms with van der Waals surface area (Å²) in [5.41, 5.74) is 7.18. The van der Waals surface area contributed by atoms with Crippen molar-refractivity contribution >= 4 is 11.8 Å². The van der Waals surface area contributed by atoms with Crippen LogP contribution in [0.3, 0.4) is 0 Å². The van der Waals surface area contributed by atoms with Gasteiger partial charge in [0, 0.05) is 16.2 Å². The van der Waals surface area contributed by atoms with Crippen LogP contribution in [0.5, 0.6) is 0 Å². The van der Waals surface area contributed by atoms with Crippen LogP contribution in [-0.2, 0) is 0 Å². The molecule has 0 saturated carbocycles. The number of aliphatic hydroxyl groups is 1. The van der Waals surface area contributed by atoms with E-state index in [0.717, 1.165) is 6.42 Å². The van der Waals surface area contributed by atoms with Crippen molar-refractivity contribution in [1.29, 1.82) is 0 Å². The SMILES string of the molecule is CCC(N)C(CO)Sc1ccccc1C. The van der Waals surface area contributed by atoms with Gasteiger partial charge < -0.3 is 10.8 Å². The van der Waals surface area contributed by atoms with Crippen molar-refractivity contribution in [3.8, 4) is 0 Å². The third kappa shape index (κ3) is 3.52. The summed E-state index contributed by atoms with van der Waals surface area (Å²) in [4.78, 5) is 1.21. The fourth-order valence-electron chi connectivity index (χ4n) is 1.37. The van der Waals surface area contributed by atoms with Crippen molar-refractivity contribution in [2.24, 2.45) is 5.73 Å². The standard InChI is InChI=1S/C12H19NOS/c1-3-10(13)12(8-14)15-11-7-5-4-6-9(11)2/h4-7,10,12,14H,3,8,13H2,1-2H3. The van der Waals surface area contributed by atoms with Gasteiger partial charge in [0.25, 0.3) is 0 Å². The molecule has 0 aromatic heterocycles. The molecule has 0 aliphatic carbocycles. The molecule has 0 aliphatic heterocycles. The molecule has 2 atom stereocenters. The molecule has 1 rings (SSSR count). The van der Waals surface area contributed by atoms with Crippen LogP contribution in [0.25, 0.3) is 0 Å². The van der Waals surface area contributed by atoms with Gasteiger partial charge in [-0.05, 0) is 25.0 Å². The topological polar surface area (TPSA) is 46.2 Å². The molecule has 0 heterocycles. The zero-order chi connectivity index (χ0) is 11.3. The van der Waals surface area contributed by atoms with Gasteiger partial charge in [0.15, 0.2) is 0 Å². The molecule has 0 fully saturated rings. The Morgan fingerprint density at radius 2 is 2.07 bits per heavy atom. The van der Waals surface area contributed by atoms with E-state index in [2.05, 4.69) is 19.1 Å². The highest BCUT2D eigenvalue weighted by molar-refractivity contribution is 8.00. The number of thioether (sulfide) groups is 1. The molecule has 84 valence electrons. The molecule has 2 nitrogen and oxygen atoms in total. The van der Waals surface area contributed by atoms with Gasteiger partial charge in [-0.15, -0.1) is 11.8 Å². The highest BCUT2D eigenvalue weighted by Gasteiger charge is 2.17. The van der Waals surface area contributed by atoms with Gasteiger partial charge in [0.2, 0.25) is 0 Å². The predicted molar refractivity (Wildman–Crippen MR) is 66.2 cm³/mol. The van der Waals surface area contributed by atoms with Crippen LogP contribution >= 0.6 is 11.8 Å². The van der Waals surface area contributed by atoms with E-state index in [0.29, 0.717) is 0 Å². The van der Waals surface area contributed by atoms with Crippen LogP contribution in [0.15, 0.2) is 29.2 Å². The molecule has 0 saturated heterocycles. The maximum atomic E-state index is 9.28. The van der Waals surface area contributed by atoms with Gasteiger partial charge in [-0.3, -0.25) is 0 Å². The van der Waals surface area contributed by atoms with Crippen LogP contribution in [0.1, 0.15) is 18.9 Å². The third-order valence-electron chi connectivity index (χ3n) is 2.50. The maximum absolute atomic E-state index is 9.28. The fourth-order valence-corrected chi connectivity index (χ4v) is 2.55. The lowest BCUT2D eigenvalue weighted by molar-refractivity contribution is 0.281. The molecule has 0 spiro atoms. The Hall–Kier alpha value is -0.510. The molecule has 15 heavy (non-hydrogen) atoms. The number of aryl methyl sites for hydroxylation is 1. The van der Waals surface area contributed by atoms with E-state index < -0.39 is 0 Å². The van der Waals surface area contributed by atoms with E-state index in [1.54, 1.807) is 11.8 Å². The number of benzene rings is 1. The van der Waals surface area contributed by atoms with Crippen molar-refractivity contribution < 1.29 is 5.11 Å². The third-order valence-corrected chi connectivity index (χ3v) is 4.01. The minimum Gasteiger partial charge on any atom is -0.395 e. The van der Waals surface area contributed by atoms with Crippen molar-refractivity contribution in [2.75, 3.05) is 6.61 Å². The van der Waals surface area contributed by atoms with Crippen LogP contribution in [0.4, 0.5) is 0 Å². The summed E-state index contributed by atoms with van der Waals surface area (Å²) in [7, 11) is 0. The minimum atomic E-state index is 0.0552. The molecule has 0 bridgehead atoms. The minimum absolute atomic E-state index is 0.0552. The number of nitrogens with two attached hydrogens (primary N) is 1. The second-order valence-electron chi connectivity index (χ2n) is 3.68. The molecule has 0 amide bonds. The van der Waals surface area contributed by atoms with Gasteiger partial charge >= 0.3 is 0 Å². The van der Waals surface area contributed by atoms with Gasteiger partial charge in [0.1, 0.15) is 0 Å². The van der Waals surface area contributed by atoms with Crippen LogP contribution in [0, 0.1) is 6.92 Å². The second-order valence-corrected chi connectivity index (χ2v) is 4.96. The first kappa shape index (κ1) is 12.6. The monoisotopic (exact) mass is 225 g/mol.